The fourth-order valence-corrected chi connectivity index (χ4v) is 3.58. The summed E-state index contributed by atoms with van der Waals surface area (Å²) < 4.78 is 41.8. The van der Waals surface area contributed by atoms with E-state index in [-0.39, 0.29) is 39.2 Å². The molecule has 0 aliphatic carbocycles. The van der Waals surface area contributed by atoms with Crippen molar-refractivity contribution >= 4 is 40.1 Å². The predicted octanol–water partition coefficient (Wildman–Crippen LogP) is 2.90. The van der Waals surface area contributed by atoms with Gasteiger partial charge >= 0.3 is 0 Å². The van der Waals surface area contributed by atoms with Gasteiger partial charge in [-0.3, -0.25) is 4.79 Å². The van der Waals surface area contributed by atoms with E-state index in [1.807, 2.05) is 0 Å². The number of fused-ring (bicyclic) bond motifs is 1. The quantitative estimate of drug-likeness (QED) is 0.368. The molecule has 0 radical (unpaired) electrons. The maximum absolute atomic E-state index is 14.0. The summed E-state index contributed by atoms with van der Waals surface area (Å²) in [6, 6.07) is 2.61. The Bertz CT molecular complexity index is 1550. The average Bonchev–Trinajstić information content (AvgIpc) is 2.79. The molecule has 3 heterocycles. The van der Waals surface area contributed by atoms with Crippen molar-refractivity contribution in [2.24, 2.45) is 0 Å². The summed E-state index contributed by atoms with van der Waals surface area (Å²) in [7, 11) is 0. The topological polar surface area (TPSA) is 174 Å². The number of nitrogen functional groups attached to an aromatic ring is 2. The van der Waals surface area contributed by atoms with Crippen LogP contribution in [0, 0.1) is 17.1 Å². The zero-order chi connectivity index (χ0) is 25.4. The maximum atomic E-state index is 14.0. The highest BCUT2D eigenvalue weighted by Crippen LogP contribution is 2.29. The van der Waals surface area contributed by atoms with E-state index >= 15 is 0 Å². The molecule has 15 heteroatoms. The van der Waals surface area contributed by atoms with Crippen molar-refractivity contribution in [3.05, 3.63) is 62.8 Å². The van der Waals surface area contributed by atoms with E-state index in [4.69, 9.17) is 23.1 Å². The second kappa shape index (κ2) is 9.03. The smallest absolute Gasteiger partial charge is 0.281 e. The summed E-state index contributed by atoms with van der Waals surface area (Å²) in [5.74, 6) is -1.54. The minimum absolute atomic E-state index is 0.0152. The second-order valence-corrected chi connectivity index (χ2v) is 7.57. The Morgan fingerprint density at radius 1 is 1.17 bits per heavy atom. The van der Waals surface area contributed by atoms with Crippen LogP contribution in [0.4, 0.5) is 30.8 Å². The Morgan fingerprint density at radius 2 is 1.91 bits per heavy atom. The molecule has 4 aromatic rings. The van der Waals surface area contributed by atoms with Gasteiger partial charge in [0.15, 0.2) is 11.6 Å². The Kier molecular flexibility index (Phi) is 6.10. The van der Waals surface area contributed by atoms with E-state index in [2.05, 4.69) is 30.2 Å². The molecule has 0 fully saturated rings. The fraction of sp³-hybridized carbons (Fsp3) is 0.150. The number of nitrogens with two attached hydrogens (primary N) is 2. The fourth-order valence-electron chi connectivity index (χ4n) is 3.33. The molecule has 1 atom stereocenters. The lowest BCUT2D eigenvalue weighted by molar-refractivity contribution is 0.146. The molecule has 178 valence electrons. The molecule has 1 unspecified atom stereocenters. The summed E-state index contributed by atoms with van der Waals surface area (Å²) in [6.07, 6.45) is -0.707. The highest BCUT2D eigenvalue weighted by Gasteiger charge is 2.25. The summed E-state index contributed by atoms with van der Waals surface area (Å²) in [5, 5.41) is 11.9. The van der Waals surface area contributed by atoms with E-state index < -0.39 is 41.0 Å². The van der Waals surface area contributed by atoms with Crippen LogP contribution < -0.4 is 22.3 Å². The second-order valence-electron chi connectivity index (χ2n) is 7.16. The molecule has 3 aromatic heterocycles. The number of nitrogens with zero attached hydrogens (tertiary/aromatic N) is 7. The number of anilines is 3. The van der Waals surface area contributed by atoms with Crippen LogP contribution >= 0.6 is 11.6 Å². The van der Waals surface area contributed by atoms with Gasteiger partial charge in [0.2, 0.25) is 5.95 Å². The van der Waals surface area contributed by atoms with E-state index in [0.717, 1.165) is 16.7 Å². The molecule has 5 N–H and O–H groups in total. The van der Waals surface area contributed by atoms with Gasteiger partial charge in [0, 0.05) is 0 Å². The van der Waals surface area contributed by atoms with Gasteiger partial charge in [0.05, 0.1) is 34.4 Å². The van der Waals surface area contributed by atoms with Crippen LogP contribution in [0.5, 0.6) is 0 Å². The number of hydrogen-bond donors (Lipinski definition) is 3. The van der Waals surface area contributed by atoms with Gasteiger partial charge in [-0.25, -0.2) is 37.7 Å². The molecule has 0 aliphatic rings. The number of hydrogen-bond acceptors (Lipinski definition) is 10. The summed E-state index contributed by atoms with van der Waals surface area (Å²) in [4.78, 5) is 33.1. The predicted molar refractivity (Wildman–Crippen MR) is 120 cm³/mol. The van der Waals surface area contributed by atoms with Gasteiger partial charge in [-0.05, 0) is 19.1 Å². The van der Waals surface area contributed by atoms with Crippen LogP contribution in [0.25, 0.3) is 16.7 Å². The highest BCUT2D eigenvalue weighted by atomic mass is 35.5. The minimum atomic E-state index is -3.10. The van der Waals surface area contributed by atoms with Gasteiger partial charge < -0.3 is 16.8 Å². The number of rotatable bonds is 5. The Labute approximate surface area is 199 Å². The van der Waals surface area contributed by atoms with Crippen molar-refractivity contribution < 1.29 is 13.2 Å². The van der Waals surface area contributed by atoms with Crippen LogP contribution in [0.1, 0.15) is 36.5 Å². The third-order valence-corrected chi connectivity index (χ3v) is 5.11. The van der Waals surface area contributed by atoms with Gasteiger partial charge in [0.25, 0.3) is 12.0 Å². The van der Waals surface area contributed by atoms with Crippen molar-refractivity contribution in [3.63, 3.8) is 0 Å². The summed E-state index contributed by atoms with van der Waals surface area (Å²) in [5.41, 5.74) is 8.97. The molecule has 0 amide bonds. The average molecular weight is 503 g/mol. The van der Waals surface area contributed by atoms with Crippen molar-refractivity contribution in [3.8, 4) is 11.9 Å². The molecule has 4 rings (SSSR count). The molecule has 11 nitrogen and oxygen atoms in total. The zero-order valence-electron chi connectivity index (χ0n) is 17.7. The first-order chi connectivity index (χ1) is 16.6. The van der Waals surface area contributed by atoms with Gasteiger partial charge in [-0.1, -0.05) is 11.6 Å². The molecule has 35 heavy (non-hydrogen) atoms. The Hall–Kier alpha value is -4.51. The monoisotopic (exact) mass is 502 g/mol. The molecule has 0 aliphatic heterocycles. The lowest BCUT2D eigenvalue weighted by atomic mass is 10.2. The standard InChI is InChI=1S/C20H14ClF3N10O/c1-7(30-17-10(4-25)15(16(23)24)32-20(27)33-17)18-31-14-9(2-8(22)3-11(14)21)19(35)34(18)13-6-28-12(26)5-29-13/h2-3,5-7,16H,1H3,(H2,26,28)(H3,27,30,32,33). The third kappa shape index (κ3) is 4.36. The van der Waals surface area contributed by atoms with E-state index in [0.29, 0.717) is 0 Å². The summed E-state index contributed by atoms with van der Waals surface area (Å²) >= 11 is 6.14. The van der Waals surface area contributed by atoms with E-state index in [1.54, 1.807) is 6.07 Å². The number of aromatic nitrogens is 6. The number of nitriles is 1. The molecule has 0 saturated heterocycles. The van der Waals surface area contributed by atoms with Crippen molar-refractivity contribution in [2.75, 3.05) is 16.8 Å². The molecule has 0 saturated carbocycles. The van der Waals surface area contributed by atoms with Crippen LogP contribution in [0.3, 0.4) is 0 Å². The Balaban J connectivity index is 1.95. The van der Waals surface area contributed by atoms with Gasteiger partial charge in [0.1, 0.15) is 34.8 Å². The van der Waals surface area contributed by atoms with Crippen molar-refractivity contribution in [2.45, 2.75) is 19.4 Å². The normalized spacial score (nSPS) is 12.0. The first-order valence-electron chi connectivity index (χ1n) is 9.72. The maximum Gasteiger partial charge on any atom is 0.281 e. The van der Waals surface area contributed by atoms with E-state index in [1.165, 1.54) is 19.3 Å². The van der Waals surface area contributed by atoms with Crippen LogP contribution in [0.2, 0.25) is 5.02 Å². The molecular weight excluding hydrogens is 489 g/mol. The number of benzene rings is 1. The van der Waals surface area contributed by atoms with Gasteiger partial charge in [-0.15, -0.1) is 0 Å². The van der Waals surface area contributed by atoms with Crippen LogP contribution in [0.15, 0.2) is 29.3 Å². The molecule has 1 aromatic carbocycles. The molecule has 0 bridgehead atoms. The number of nitrogens with one attached hydrogen (secondary N) is 1. The zero-order valence-corrected chi connectivity index (χ0v) is 18.4. The molecule has 0 spiro atoms. The first-order valence-corrected chi connectivity index (χ1v) is 10.1. The van der Waals surface area contributed by atoms with Crippen molar-refractivity contribution in [1.82, 2.24) is 29.5 Å². The van der Waals surface area contributed by atoms with Crippen molar-refractivity contribution in [1.29, 1.82) is 5.26 Å². The SMILES string of the molecule is CC(Nc1nc(N)nc(C(F)F)c1C#N)c1nc2c(Cl)cc(F)cc2c(=O)n1-c1cnc(N)cn1. The highest BCUT2D eigenvalue weighted by molar-refractivity contribution is 6.35. The van der Waals surface area contributed by atoms with Crippen LogP contribution in [-0.2, 0) is 0 Å². The lowest BCUT2D eigenvalue weighted by Crippen LogP contribution is -2.28. The molecular formula is C20H14ClF3N10O. The first kappa shape index (κ1) is 23.6. The van der Waals surface area contributed by atoms with E-state index in [9.17, 15) is 23.2 Å². The third-order valence-electron chi connectivity index (χ3n) is 4.82. The van der Waals surface area contributed by atoms with Crippen LogP contribution in [-0.4, -0.2) is 29.5 Å². The Morgan fingerprint density at radius 3 is 2.54 bits per heavy atom. The lowest BCUT2D eigenvalue weighted by Gasteiger charge is -2.20. The number of halogens is 4. The minimum Gasteiger partial charge on any atom is -0.382 e. The largest absolute Gasteiger partial charge is 0.382 e. The number of alkyl halides is 2. The van der Waals surface area contributed by atoms with Gasteiger partial charge in [-0.2, -0.15) is 10.2 Å². The summed E-state index contributed by atoms with van der Waals surface area (Å²) in [6.45, 7) is 1.51.